The molecule has 1 unspecified atom stereocenters. The molecule has 8 nitrogen and oxygen atoms in total. The molecule has 0 aromatic heterocycles. The minimum atomic E-state index is -0.372. The van der Waals surface area contributed by atoms with Gasteiger partial charge >= 0.3 is 0 Å². The normalized spacial score (nSPS) is 18.5. The van der Waals surface area contributed by atoms with E-state index in [9.17, 15) is 14.9 Å². The fraction of sp³-hybridized carbons (Fsp3) is 0.458. The number of non-ortho nitro benzene ring substituents is 1. The zero-order valence-electron chi connectivity index (χ0n) is 18.6. The molecule has 2 aromatic rings. The van der Waals surface area contributed by atoms with Crippen molar-refractivity contribution in [1.82, 2.24) is 9.80 Å². The Bertz CT molecular complexity index is 992. The molecular weight excluding hydrogens is 410 g/mol. The van der Waals surface area contributed by atoms with Crippen molar-refractivity contribution in [1.29, 1.82) is 0 Å². The molecule has 0 saturated carbocycles. The largest absolute Gasteiger partial charge is 0.493 e. The predicted octanol–water partition coefficient (Wildman–Crippen LogP) is 3.52. The van der Waals surface area contributed by atoms with Gasteiger partial charge in [-0.2, -0.15) is 0 Å². The molecular formula is C24H29N3O5. The van der Waals surface area contributed by atoms with E-state index in [2.05, 4.69) is 4.90 Å². The number of likely N-dealkylation sites (tertiary alicyclic amines) is 1. The molecule has 170 valence electrons. The van der Waals surface area contributed by atoms with E-state index in [1.807, 2.05) is 23.1 Å². The average molecular weight is 440 g/mol. The summed E-state index contributed by atoms with van der Waals surface area (Å²) in [4.78, 5) is 27.8. The van der Waals surface area contributed by atoms with Gasteiger partial charge in [-0.3, -0.25) is 14.9 Å². The maximum absolute atomic E-state index is 13.0. The SMILES string of the molecule is COc1cc2c(cc1OC)C(=O)N(CC1CCCN(CCc3ccc([N+](=O)[O-])cc3)C1)C2. The molecule has 32 heavy (non-hydrogen) atoms. The van der Waals surface area contributed by atoms with Gasteiger partial charge in [0.2, 0.25) is 0 Å². The predicted molar refractivity (Wildman–Crippen MR) is 120 cm³/mol. The number of carbonyl (C=O) groups is 1. The molecule has 2 heterocycles. The summed E-state index contributed by atoms with van der Waals surface area (Å²) in [6.07, 6.45) is 3.08. The molecule has 1 amide bonds. The van der Waals surface area contributed by atoms with Gasteiger partial charge in [-0.15, -0.1) is 0 Å². The summed E-state index contributed by atoms with van der Waals surface area (Å²) < 4.78 is 10.7. The highest BCUT2D eigenvalue weighted by Gasteiger charge is 2.32. The Hall–Kier alpha value is -3.13. The lowest BCUT2D eigenvalue weighted by atomic mass is 9.97. The monoisotopic (exact) mass is 439 g/mol. The number of rotatable bonds is 8. The number of fused-ring (bicyclic) bond motifs is 1. The number of amides is 1. The molecule has 4 rings (SSSR count). The van der Waals surface area contributed by atoms with Gasteiger partial charge in [-0.25, -0.2) is 0 Å². The fourth-order valence-electron chi connectivity index (χ4n) is 4.73. The number of nitro benzene ring substituents is 1. The van der Waals surface area contributed by atoms with Crippen molar-refractivity contribution in [3.8, 4) is 11.5 Å². The third kappa shape index (κ3) is 4.70. The van der Waals surface area contributed by atoms with E-state index in [1.54, 1.807) is 32.4 Å². The highest BCUT2D eigenvalue weighted by molar-refractivity contribution is 5.99. The molecule has 1 fully saturated rings. The first-order valence-electron chi connectivity index (χ1n) is 11.0. The average Bonchev–Trinajstić information content (AvgIpc) is 3.11. The second-order valence-electron chi connectivity index (χ2n) is 8.53. The molecule has 2 aliphatic heterocycles. The highest BCUT2D eigenvalue weighted by atomic mass is 16.6. The van der Waals surface area contributed by atoms with E-state index in [0.29, 0.717) is 29.5 Å². The Balaban J connectivity index is 1.33. The molecule has 2 aromatic carbocycles. The van der Waals surface area contributed by atoms with Crippen LogP contribution in [0.1, 0.15) is 34.3 Å². The van der Waals surface area contributed by atoms with Crippen molar-refractivity contribution >= 4 is 11.6 Å². The van der Waals surface area contributed by atoms with Crippen molar-refractivity contribution in [3.63, 3.8) is 0 Å². The van der Waals surface area contributed by atoms with Crippen LogP contribution in [0.15, 0.2) is 36.4 Å². The Labute approximate surface area is 187 Å². The third-order valence-corrected chi connectivity index (χ3v) is 6.43. The summed E-state index contributed by atoms with van der Waals surface area (Å²) in [5.41, 5.74) is 2.91. The van der Waals surface area contributed by atoms with Crippen molar-refractivity contribution in [2.24, 2.45) is 5.92 Å². The highest BCUT2D eigenvalue weighted by Crippen LogP contribution is 2.35. The summed E-state index contributed by atoms with van der Waals surface area (Å²) in [6.45, 7) is 4.27. The summed E-state index contributed by atoms with van der Waals surface area (Å²) in [5.74, 6) is 1.72. The maximum Gasteiger partial charge on any atom is 0.269 e. The van der Waals surface area contributed by atoms with E-state index in [-0.39, 0.29) is 16.5 Å². The van der Waals surface area contributed by atoms with Crippen LogP contribution in [0.4, 0.5) is 5.69 Å². The van der Waals surface area contributed by atoms with E-state index in [1.165, 1.54) is 0 Å². The number of hydrogen-bond acceptors (Lipinski definition) is 6. The second-order valence-corrected chi connectivity index (χ2v) is 8.53. The number of piperidine rings is 1. The third-order valence-electron chi connectivity index (χ3n) is 6.43. The molecule has 2 aliphatic rings. The zero-order valence-corrected chi connectivity index (χ0v) is 18.6. The number of benzene rings is 2. The van der Waals surface area contributed by atoms with Gasteiger partial charge in [0.15, 0.2) is 11.5 Å². The molecule has 0 bridgehead atoms. The lowest BCUT2D eigenvalue weighted by Crippen LogP contribution is -2.41. The van der Waals surface area contributed by atoms with Crippen molar-refractivity contribution in [2.45, 2.75) is 25.8 Å². The van der Waals surface area contributed by atoms with Gasteiger partial charge in [0.05, 0.1) is 19.1 Å². The van der Waals surface area contributed by atoms with Gasteiger partial charge in [-0.1, -0.05) is 12.1 Å². The van der Waals surface area contributed by atoms with Crippen molar-refractivity contribution < 1.29 is 19.2 Å². The van der Waals surface area contributed by atoms with Crippen LogP contribution in [0.5, 0.6) is 11.5 Å². The van der Waals surface area contributed by atoms with E-state index < -0.39 is 0 Å². The van der Waals surface area contributed by atoms with E-state index in [0.717, 1.165) is 56.6 Å². The lowest BCUT2D eigenvalue weighted by Gasteiger charge is -2.34. The number of nitrogens with zero attached hydrogens (tertiary/aromatic N) is 3. The molecule has 0 spiro atoms. The van der Waals surface area contributed by atoms with Crippen LogP contribution in [0, 0.1) is 16.0 Å². The van der Waals surface area contributed by atoms with Crippen LogP contribution >= 0.6 is 0 Å². The topological polar surface area (TPSA) is 85.2 Å². The molecule has 0 radical (unpaired) electrons. The van der Waals surface area contributed by atoms with Crippen molar-refractivity contribution in [2.75, 3.05) is 40.4 Å². The summed E-state index contributed by atoms with van der Waals surface area (Å²) in [7, 11) is 3.18. The van der Waals surface area contributed by atoms with Crippen molar-refractivity contribution in [3.05, 3.63) is 63.2 Å². The standard InChI is InChI=1S/C24H29N3O5/c1-31-22-12-19-16-26(24(28)21(19)13-23(22)32-2)15-18-4-3-10-25(14-18)11-9-17-5-7-20(8-6-17)27(29)30/h5-8,12-13,18H,3-4,9-11,14-16H2,1-2H3. The second kappa shape index (κ2) is 9.56. The number of methoxy groups -OCH3 is 2. The Morgan fingerprint density at radius 2 is 1.84 bits per heavy atom. The molecule has 8 heteroatoms. The number of ether oxygens (including phenoxy) is 2. The maximum atomic E-state index is 13.0. The zero-order chi connectivity index (χ0) is 22.7. The number of carbonyl (C=O) groups excluding carboxylic acids is 1. The summed E-state index contributed by atoms with van der Waals surface area (Å²) in [5, 5.41) is 10.8. The first-order valence-corrected chi connectivity index (χ1v) is 11.0. The lowest BCUT2D eigenvalue weighted by molar-refractivity contribution is -0.384. The van der Waals surface area contributed by atoms with Gasteiger partial charge in [0.1, 0.15) is 0 Å². The van der Waals surface area contributed by atoms with E-state index >= 15 is 0 Å². The van der Waals surface area contributed by atoms with Crippen LogP contribution in [-0.4, -0.2) is 61.0 Å². The number of nitro groups is 1. The Kier molecular flexibility index (Phi) is 6.60. The molecule has 0 N–H and O–H groups in total. The van der Waals surface area contributed by atoms with Gasteiger partial charge in [0, 0.05) is 43.9 Å². The van der Waals surface area contributed by atoms with Gasteiger partial charge in [-0.05, 0) is 55.0 Å². The Morgan fingerprint density at radius 3 is 2.53 bits per heavy atom. The summed E-state index contributed by atoms with van der Waals surface area (Å²) in [6, 6.07) is 10.5. The molecule has 0 aliphatic carbocycles. The van der Waals surface area contributed by atoms with Crippen LogP contribution in [-0.2, 0) is 13.0 Å². The first-order chi connectivity index (χ1) is 15.5. The molecule has 1 atom stereocenters. The first kappa shape index (κ1) is 22.1. The van der Waals surface area contributed by atoms with Crippen LogP contribution in [0.25, 0.3) is 0 Å². The minimum Gasteiger partial charge on any atom is -0.493 e. The fourth-order valence-corrected chi connectivity index (χ4v) is 4.73. The van der Waals surface area contributed by atoms with Crippen LogP contribution in [0.3, 0.4) is 0 Å². The van der Waals surface area contributed by atoms with E-state index in [4.69, 9.17) is 9.47 Å². The Morgan fingerprint density at radius 1 is 1.12 bits per heavy atom. The van der Waals surface area contributed by atoms with Crippen LogP contribution < -0.4 is 9.47 Å². The minimum absolute atomic E-state index is 0.0592. The quantitative estimate of drug-likeness (QED) is 0.462. The smallest absolute Gasteiger partial charge is 0.269 e. The molecule has 1 saturated heterocycles. The van der Waals surface area contributed by atoms with Gasteiger partial charge in [0.25, 0.3) is 11.6 Å². The van der Waals surface area contributed by atoms with Crippen LogP contribution in [0.2, 0.25) is 0 Å². The van der Waals surface area contributed by atoms with Gasteiger partial charge < -0.3 is 19.3 Å². The number of hydrogen-bond donors (Lipinski definition) is 0. The summed E-state index contributed by atoms with van der Waals surface area (Å²) >= 11 is 0.